The second kappa shape index (κ2) is 13.0. The summed E-state index contributed by atoms with van der Waals surface area (Å²) in [6.45, 7) is 11.3. The molecule has 0 saturated carbocycles. The maximum atomic E-state index is 11.9. The van der Waals surface area contributed by atoms with Crippen molar-refractivity contribution in [3.05, 3.63) is 0 Å². The van der Waals surface area contributed by atoms with Crippen LogP contribution < -0.4 is 0 Å². The predicted molar refractivity (Wildman–Crippen MR) is 96.0 cm³/mol. The van der Waals surface area contributed by atoms with Crippen molar-refractivity contribution >= 4 is 5.97 Å². The fraction of sp³-hybridized carbons (Fsp3) is 0.950. The van der Waals surface area contributed by atoms with E-state index in [0.29, 0.717) is 12.0 Å². The Morgan fingerprint density at radius 3 is 2.05 bits per heavy atom. The third-order valence-corrected chi connectivity index (χ3v) is 4.76. The van der Waals surface area contributed by atoms with E-state index in [2.05, 4.69) is 20.8 Å². The molecule has 2 nitrogen and oxygen atoms in total. The third kappa shape index (κ3) is 10.2. The number of unbranched alkanes of at least 4 members (excludes halogenated alkanes) is 6. The first-order chi connectivity index (χ1) is 10.5. The Morgan fingerprint density at radius 1 is 0.909 bits per heavy atom. The molecule has 0 N–H and O–H groups in total. The summed E-state index contributed by atoms with van der Waals surface area (Å²) in [5.74, 6) is 0.00932. The summed E-state index contributed by atoms with van der Waals surface area (Å²) >= 11 is 0. The molecule has 0 aromatic carbocycles. The van der Waals surface area contributed by atoms with Crippen LogP contribution in [0.15, 0.2) is 0 Å². The number of hydrogen-bond acceptors (Lipinski definition) is 2. The highest BCUT2D eigenvalue weighted by Crippen LogP contribution is 2.37. The minimum Gasteiger partial charge on any atom is -0.466 e. The molecular weight excluding hydrogens is 272 g/mol. The van der Waals surface area contributed by atoms with Crippen LogP contribution in [0.4, 0.5) is 0 Å². The number of esters is 1. The van der Waals surface area contributed by atoms with E-state index in [-0.39, 0.29) is 11.9 Å². The van der Waals surface area contributed by atoms with Gasteiger partial charge in [-0.05, 0) is 31.6 Å². The first kappa shape index (κ1) is 21.5. The molecule has 2 unspecified atom stereocenters. The fourth-order valence-electron chi connectivity index (χ4n) is 3.37. The SMILES string of the molecule is CCCCCCCCC(C)(CCCC)CC(C)C(=O)OCC. The molecule has 0 aliphatic carbocycles. The van der Waals surface area contributed by atoms with Crippen molar-refractivity contribution in [1.82, 2.24) is 0 Å². The molecule has 2 heteroatoms. The zero-order valence-corrected chi connectivity index (χ0v) is 15.9. The van der Waals surface area contributed by atoms with E-state index >= 15 is 0 Å². The van der Waals surface area contributed by atoms with Crippen molar-refractivity contribution < 1.29 is 9.53 Å². The average molecular weight is 313 g/mol. The molecule has 132 valence electrons. The van der Waals surface area contributed by atoms with Crippen molar-refractivity contribution in [2.45, 2.75) is 105 Å². The Morgan fingerprint density at radius 2 is 1.45 bits per heavy atom. The van der Waals surface area contributed by atoms with Gasteiger partial charge in [0.25, 0.3) is 0 Å². The minimum atomic E-state index is -0.0202. The van der Waals surface area contributed by atoms with Crippen molar-refractivity contribution in [3.63, 3.8) is 0 Å². The molecule has 0 fully saturated rings. The first-order valence-electron chi connectivity index (χ1n) is 9.65. The lowest BCUT2D eigenvalue weighted by molar-refractivity contribution is -0.148. The van der Waals surface area contributed by atoms with E-state index in [4.69, 9.17) is 4.74 Å². The van der Waals surface area contributed by atoms with Gasteiger partial charge in [0, 0.05) is 0 Å². The molecule has 0 aliphatic heterocycles. The summed E-state index contributed by atoms with van der Waals surface area (Å²) in [6.07, 6.45) is 14.0. The summed E-state index contributed by atoms with van der Waals surface area (Å²) in [6, 6.07) is 0. The largest absolute Gasteiger partial charge is 0.466 e. The van der Waals surface area contributed by atoms with Crippen LogP contribution in [0.1, 0.15) is 105 Å². The topological polar surface area (TPSA) is 26.3 Å². The molecule has 22 heavy (non-hydrogen) atoms. The number of hydrogen-bond donors (Lipinski definition) is 0. The van der Waals surface area contributed by atoms with Crippen LogP contribution in [-0.4, -0.2) is 12.6 Å². The number of carbonyl (C=O) groups is 1. The van der Waals surface area contributed by atoms with Gasteiger partial charge in [0.1, 0.15) is 0 Å². The van der Waals surface area contributed by atoms with Crippen LogP contribution >= 0.6 is 0 Å². The lowest BCUT2D eigenvalue weighted by Crippen LogP contribution is -2.25. The Hall–Kier alpha value is -0.530. The fourth-order valence-corrected chi connectivity index (χ4v) is 3.37. The van der Waals surface area contributed by atoms with Crippen LogP contribution in [-0.2, 0) is 9.53 Å². The van der Waals surface area contributed by atoms with Crippen LogP contribution in [0, 0.1) is 11.3 Å². The molecular formula is C20H40O2. The van der Waals surface area contributed by atoms with Crippen LogP contribution in [0.3, 0.4) is 0 Å². The maximum absolute atomic E-state index is 11.9. The molecule has 0 radical (unpaired) electrons. The molecule has 0 heterocycles. The van der Waals surface area contributed by atoms with Gasteiger partial charge in [0.2, 0.25) is 0 Å². The Bertz CT molecular complexity index is 275. The molecule has 0 saturated heterocycles. The smallest absolute Gasteiger partial charge is 0.308 e. The predicted octanol–water partition coefficient (Wildman–Crippen LogP) is 6.52. The van der Waals surface area contributed by atoms with Crippen molar-refractivity contribution in [3.8, 4) is 0 Å². The summed E-state index contributed by atoms with van der Waals surface area (Å²) in [7, 11) is 0. The second-order valence-corrected chi connectivity index (χ2v) is 7.29. The van der Waals surface area contributed by atoms with Gasteiger partial charge in [-0.3, -0.25) is 4.79 Å². The van der Waals surface area contributed by atoms with Crippen LogP contribution in [0.2, 0.25) is 0 Å². The zero-order valence-electron chi connectivity index (χ0n) is 15.9. The molecule has 0 aromatic rings. The maximum Gasteiger partial charge on any atom is 0.308 e. The summed E-state index contributed by atoms with van der Waals surface area (Å²) in [5.41, 5.74) is 0.299. The monoisotopic (exact) mass is 312 g/mol. The summed E-state index contributed by atoms with van der Waals surface area (Å²) in [4.78, 5) is 11.9. The lowest BCUT2D eigenvalue weighted by Gasteiger charge is -2.32. The Kier molecular flexibility index (Phi) is 12.6. The first-order valence-corrected chi connectivity index (χ1v) is 9.65. The van der Waals surface area contributed by atoms with Gasteiger partial charge < -0.3 is 4.74 Å². The van der Waals surface area contributed by atoms with E-state index in [1.54, 1.807) is 0 Å². The van der Waals surface area contributed by atoms with Gasteiger partial charge in [-0.15, -0.1) is 0 Å². The normalized spacial score (nSPS) is 15.3. The molecule has 0 aromatic heterocycles. The molecule has 0 rings (SSSR count). The van der Waals surface area contributed by atoms with E-state index in [9.17, 15) is 4.79 Å². The van der Waals surface area contributed by atoms with Crippen molar-refractivity contribution in [2.24, 2.45) is 11.3 Å². The van der Waals surface area contributed by atoms with Crippen molar-refractivity contribution in [2.75, 3.05) is 6.61 Å². The standard InChI is InChI=1S/C20H40O2/c1-6-9-11-12-13-14-16-20(5,15-10-7-2)17-18(4)19(21)22-8-3/h18H,6-17H2,1-5H3. The van der Waals surface area contributed by atoms with Gasteiger partial charge >= 0.3 is 5.97 Å². The highest BCUT2D eigenvalue weighted by atomic mass is 16.5. The summed E-state index contributed by atoms with van der Waals surface area (Å²) < 4.78 is 5.19. The zero-order chi connectivity index (χ0) is 16.8. The lowest BCUT2D eigenvalue weighted by atomic mass is 9.74. The van der Waals surface area contributed by atoms with Gasteiger partial charge in [-0.25, -0.2) is 0 Å². The Balaban J connectivity index is 4.29. The van der Waals surface area contributed by atoms with Gasteiger partial charge in [-0.1, -0.05) is 79.1 Å². The second-order valence-electron chi connectivity index (χ2n) is 7.29. The van der Waals surface area contributed by atoms with Crippen molar-refractivity contribution in [1.29, 1.82) is 0 Å². The molecule has 2 atom stereocenters. The number of ether oxygens (including phenoxy) is 1. The molecule has 0 amide bonds. The quantitative estimate of drug-likeness (QED) is 0.269. The van der Waals surface area contributed by atoms with Gasteiger partial charge in [-0.2, -0.15) is 0 Å². The average Bonchev–Trinajstić information content (AvgIpc) is 2.49. The highest BCUT2D eigenvalue weighted by Gasteiger charge is 2.29. The van der Waals surface area contributed by atoms with Crippen LogP contribution in [0.5, 0.6) is 0 Å². The van der Waals surface area contributed by atoms with Crippen LogP contribution in [0.25, 0.3) is 0 Å². The Labute approximate surface area is 139 Å². The highest BCUT2D eigenvalue weighted by molar-refractivity contribution is 5.71. The molecule has 0 bridgehead atoms. The summed E-state index contributed by atoms with van der Waals surface area (Å²) in [5, 5.41) is 0. The van der Waals surface area contributed by atoms with Gasteiger partial charge in [0.05, 0.1) is 12.5 Å². The van der Waals surface area contributed by atoms with E-state index < -0.39 is 0 Å². The molecule has 0 spiro atoms. The third-order valence-electron chi connectivity index (χ3n) is 4.76. The van der Waals surface area contributed by atoms with E-state index in [1.807, 2.05) is 13.8 Å². The van der Waals surface area contributed by atoms with E-state index in [1.165, 1.54) is 64.2 Å². The van der Waals surface area contributed by atoms with E-state index in [0.717, 1.165) is 6.42 Å². The number of rotatable bonds is 14. The molecule has 0 aliphatic rings. The minimum absolute atomic E-state index is 0.0202. The van der Waals surface area contributed by atoms with Gasteiger partial charge in [0.15, 0.2) is 0 Å². The number of carbonyl (C=O) groups excluding carboxylic acids is 1.